The number of benzene rings is 4. The van der Waals surface area contributed by atoms with Crippen LogP contribution in [0.2, 0.25) is 0 Å². The number of unbranched alkanes of at least 4 members (excludes halogenated alkanes) is 2. The lowest BCUT2D eigenvalue weighted by Crippen LogP contribution is -2.29. The van der Waals surface area contributed by atoms with Gasteiger partial charge in [0.25, 0.3) is 0 Å². The van der Waals surface area contributed by atoms with Crippen molar-refractivity contribution in [2.75, 3.05) is 0 Å². The van der Waals surface area contributed by atoms with Gasteiger partial charge in [0.2, 0.25) is 0 Å². The van der Waals surface area contributed by atoms with E-state index >= 15 is 0 Å². The van der Waals surface area contributed by atoms with E-state index in [0.29, 0.717) is 0 Å². The van der Waals surface area contributed by atoms with Gasteiger partial charge in [-0.15, -0.1) is 0 Å². The second-order valence-corrected chi connectivity index (χ2v) is 11.4. The summed E-state index contributed by atoms with van der Waals surface area (Å²) in [6.07, 6.45) is 11.2. The topological polar surface area (TPSA) is 0 Å². The lowest BCUT2D eigenvalue weighted by atomic mass is 9.67. The lowest BCUT2D eigenvalue weighted by Gasteiger charge is -2.36. The third-order valence-electron chi connectivity index (χ3n) is 9.47. The van der Waals surface area contributed by atoms with E-state index in [1.807, 2.05) is 0 Å². The summed E-state index contributed by atoms with van der Waals surface area (Å²) >= 11 is 0. The van der Waals surface area contributed by atoms with Crippen molar-refractivity contribution in [2.45, 2.75) is 82.5 Å². The van der Waals surface area contributed by atoms with Crippen LogP contribution in [0.5, 0.6) is 0 Å². The summed E-state index contributed by atoms with van der Waals surface area (Å²) in [6.45, 7) is 4.68. The molecule has 0 aliphatic heterocycles. The minimum absolute atomic E-state index is 0.132. The van der Waals surface area contributed by atoms with Gasteiger partial charge < -0.3 is 0 Å². The van der Waals surface area contributed by atoms with Crippen molar-refractivity contribution < 1.29 is 0 Å². The fourth-order valence-corrected chi connectivity index (χ4v) is 7.81. The molecule has 0 nitrogen and oxygen atoms in total. The fraction of sp³-hybridized carbons (Fsp3) is 0.351. The van der Waals surface area contributed by atoms with Crippen LogP contribution < -0.4 is 0 Å². The van der Waals surface area contributed by atoms with Crippen molar-refractivity contribution in [3.8, 4) is 22.3 Å². The van der Waals surface area contributed by atoms with Gasteiger partial charge in [0.15, 0.2) is 0 Å². The molecule has 6 rings (SSSR count). The molecule has 0 saturated heterocycles. The van der Waals surface area contributed by atoms with E-state index in [1.54, 1.807) is 22.3 Å². The SMILES string of the molecule is CCCCC1(CCCC2(CCCC)c3ccccc3-c3ccccc32)c2ccccc2-c2ccccc21. The van der Waals surface area contributed by atoms with E-state index in [1.165, 1.54) is 80.0 Å². The molecular weight excluding hydrogens is 444 g/mol. The average Bonchev–Trinajstić information content (AvgIpc) is 3.39. The van der Waals surface area contributed by atoms with Crippen LogP contribution in [-0.2, 0) is 10.8 Å². The van der Waals surface area contributed by atoms with Gasteiger partial charge in [-0.05, 0) is 70.2 Å². The van der Waals surface area contributed by atoms with E-state index in [0.717, 1.165) is 0 Å². The first-order chi connectivity index (χ1) is 18.2. The number of hydrogen-bond acceptors (Lipinski definition) is 0. The summed E-state index contributed by atoms with van der Waals surface area (Å²) in [4.78, 5) is 0. The van der Waals surface area contributed by atoms with Crippen LogP contribution in [0, 0.1) is 0 Å². The maximum Gasteiger partial charge on any atom is 0.0215 e. The van der Waals surface area contributed by atoms with Gasteiger partial charge in [-0.3, -0.25) is 0 Å². The smallest absolute Gasteiger partial charge is 0.0215 e. The van der Waals surface area contributed by atoms with Crippen molar-refractivity contribution >= 4 is 0 Å². The van der Waals surface area contributed by atoms with Crippen LogP contribution in [0.4, 0.5) is 0 Å². The maximum absolute atomic E-state index is 2.43. The Hall–Kier alpha value is -3.12. The molecule has 0 aromatic heterocycles. The van der Waals surface area contributed by atoms with Gasteiger partial charge >= 0.3 is 0 Å². The zero-order valence-electron chi connectivity index (χ0n) is 22.6. The lowest BCUT2D eigenvalue weighted by molar-refractivity contribution is 0.359. The van der Waals surface area contributed by atoms with Crippen molar-refractivity contribution in [1.29, 1.82) is 0 Å². The molecule has 0 spiro atoms. The first-order valence-electron chi connectivity index (χ1n) is 14.6. The van der Waals surface area contributed by atoms with Crippen LogP contribution in [0.25, 0.3) is 22.3 Å². The van der Waals surface area contributed by atoms with Gasteiger partial charge in [-0.25, -0.2) is 0 Å². The Morgan fingerprint density at radius 3 is 0.946 bits per heavy atom. The third kappa shape index (κ3) is 3.80. The van der Waals surface area contributed by atoms with Crippen molar-refractivity contribution in [1.82, 2.24) is 0 Å². The first kappa shape index (κ1) is 24.2. The minimum Gasteiger partial charge on any atom is -0.0654 e. The molecule has 2 aliphatic carbocycles. The molecular formula is C37H40. The molecule has 37 heavy (non-hydrogen) atoms. The minimum atomic E-state index is 0.132. The molecule has 0 unspecified atom stereocenters. The Kier molecular flexibility index (Phi) is 6.53. The van der Waals surface area contributed by atoms with Gasteiger partial charge in [-0.2, -0.15) is 0 Å². The summed E-state index contributed by atoms with van der Waals surface area (Å²) in [5, 5.41) is 0. The molecule has 4 aromatic carbocycles. The fourth-order valence-electron chi connectivity index (χ4n) is 7.81. The predicted molar refractivity (Wildman–Crippen MR) is 158 cm³/mol. The van der Waals surface area contributed by atoms with Gasteiger partial charge in [-0.1, -0.05) is 143 Å². The Morgan fingerprint density at radius 1 is 0.378 bits per heavy atom. The molecule has 0 radical (unpaired) electrons. The Balaban J connectivity index is 1.40. The summed E-state index contributed by atoms with van der Waals surface area (Å²) < 4.78 is 0. The molecule has 0 N–H and O–H groups in total. The van der Waals surface area contributed by atoms with Crippen molar-refractivity contribution in [3.05, 3.63) is 119 Å². The second kappa shape index (κ2) is 9.97. The van der Waals surface area contributed by atoms with Gasteiger partial charge in [0.1, 0.15) is 0 Å². The Bertz CT molecular complexity index is 1190. The van der Waals surface area contributed by atoms with Crippen LogP contribution in [-0.4, -0.2) is 0 Å². The third-order valence-corrected chi connectivity index (χ3v) is 9.47. The molecule has 0 bridgehead atoms. The van der Waals surface area contributed by atoms with E-state index in [9.17, 15) is 0 Å². The van der Waals surface area contributed by atoms with E-state index < -0.39 is 0 Å². The molecule has 0 heteroatoms. The summed E-state index contributed by atoms with van der Waals surface area (Å²) in [5.74, 6) is 0. The predicted octanol–water partition coefficient (Wildman–Crippen LogP) is 10.5. The monoisotopic (exact) mass is 484 g/mol. The zero-order chi connectivity index (χ0) is 25.3. The van der Waals surface area contributed by atoms with Crippen LogP contribution in [0.15, 0.2) is 97.1 Å². The number of rotatable bonds is 10. The second-order valence-electron chi connectivity index (χ2n) is 11.4. The molecule has 0 saturated carbocycles. The van der Waals surface area contributed by atoms with Crippen LogP contribution >= 0.6 is 0 Å². The molecule has 0 fully saturated rings. The Labute approximate surface area is 223 Å². The highest BCUT2D eigenvalue weighted by Crippen LogP contribution is 2.57. The standard InChI is InChI=1S/C37H40/c1-3-5-24-36(32-20-11-7-16-28(32)29-17-8-12-21-33(29)36)26-15-27-37(25-6-4-2)34-22-13-9-18-30(34)31-19-10-14-23-35(31)37/h7-14,16-23H,3-6,15,24-27H2,1-2H3. The molecule has 2 aliphatic rings. The van der Waals surface area contributed by atoms with Crippen molar-refractivity contribution in [2.24, 2.45) is 0 Å². The molecule has 188 valence electrons. The van der Waals surface area contributed by atoms with Crippen LogP contribution in [0.1, 0.15) is 93.9 Å². The maximum atomic E-state index is 2.43. The molecule has 0 heterocycles. The summed E-state index contributed by atoms with van der Waals surface area (Å²) in [6, 6.07) is 37.1. The molecule has 4 aromatic rings. The Morgan fingerprint density at radius 2 is 0.649 bits per heavy atom. The summed E-state index contributed by atoms with van der Waals surface area (Å²) in [5.41, 5.74) is 12.4. The van der Waals surface area contributed by atoms with Gasteiger partial charge in [0, 0.05) is 10.8 Å². The normalized spacial score (nSPS) is 15.6. The average molecular weight is 485 g/mol. The highest BCUT2D eigenvalue weighted by Gasteiger charge is 2.45. The quantitative estimate of drug-likeness (QED) is 0.210. The largest absolute Gasteiger partial charge is 0.0654 e. The van der Waals surface area contributed by atoms with Gasteiger partial charge in [0.05, 0.1) is 0 Å². The highest BCUT2D eigenvalue weighted by molar-refractivity contribution is 5.82. The number of fused-ring (bicyclic) bond motifs is 6. The first-order valence-corrected chi connectivity index (χ1v) is 14.6. The van der Waals surface area contributed by atoms with E-state index in [2.05, 4.69) is 111 Å². The zero-order valence-corrected chi connectivity index (χ0v) is 22.6. The summed E-state index contributed by atoms with van der Waals surface area (Å²) in [7, 11) is 0. The van der Waals surface area contributed by atoms with E-state index in [4.69, 9.17) is 0 Å². The molecule has 0 amide bonds. The van der Waals surface area contributed by atoms with Crippen molar-refractivity contribution in [3.63, 3.8) is 0 Å². The number of hydrogen-bond donors (Lipinski definition) is 0. The highest BCUT2D eigenvalue weighted by atomic mass is 14.5. The molecule has 0 atom stereocenters. The van der Waals surface area contributed by atoms with E-state index in [-0.39, 0.29) is 10.8 Å². The van der Waals surface area contributed by atoms with Crippen LogP contribution in [0.3, 0.4) is 0 Å².